The molecule has 0 fully saturated rings. The number of nitrogens with one attached hydrogen (secondary N) is 2. The number of anilines is 1. The number of carbonyl (C=O) groups excluding carboxylic acids is 1. The summed E-state index contributed by atoms with van der Waals surface area (Å²) in [4.78, 5) is 11.6. The van der Waals surface area contributed by atoms with Gasteiger partial charge in [0.1, 0.15) is 0 Å². The van der Waals surface area contributed by atoms with Crippen molar-refractivity contribution in [2.75, 3.05) is 18.5 Å². The third-order valence-electron chi connectivity index (χ3n) is 2.41. The van der Waals surface area contributed by atoms with Crippen molar-refractivity contribution in [2.45, 2.75) is 13.3 Å². The molecule has 1 aromatic carbocycles. The van der Waals surface area contributed by atoms with Crippen molar-refractivity contribution in [1.29, 1.82) is 0 Å². The fraction of sp³-hybridized carbons (Fsp3) is 0.333. The van der Waals surface area contributed by atoms with Crippen molar-refractivity contribution in [1.82, 2.24) is 10.2 Å². The van der Waals surface area contributed by atoms with Crippen molar-refractivity contribution in [3.8, 4) is 0 Å². The number of aromatic amines is 1. The molecule has 17 heavy (non-hydrogen) atoms. The van der Waals surface area contributed by atoms with Crippen molar-refractivity contribution in [2.24, 2.45) is 0 Å². The van der Waals surface area contributed by atoms with Crippen LogP contribution in [0.2, 0.25) is 0 Å². The van der Waals surface area contributed by atoms with E-state index in [4.69, 9.17) is 4.74 Å². The highest BCUT2D eigenvalue weighted by Gasteiger charge is 2.08. The first-order valence-electron chi connectivity index (χ1n) is 5.62. The van der Waals surface area contributed by atoms with Gasteiger partial charge in [-0.1, -0.05) is 12.1 Å². The van der Waals surface area contributed by atoms with Crippen molar-refractivity contribution < 1.29 is 9.53 Å². The molecule has 1 heterocycles. The van der Waals surface area contributed by atoms with E-state index in [1.54, 1.807) is 0 Å². The third-order valence-corrected chi connectivity index (χ3v) is 2.41. The smallest absolute Gasteiger partial charge is 0.227 e. The van der Waals surface area contributed by atoms with Gasteiger partial charge in [0.05, 0.1) is 18.5 Å². The minimum atomic E-state index is -0.0873. The molecule has 0 aliphatic carbocycles. The topological polar surface area (TPSA) is 67.0 Å². The van der Waals surface area contributed by atoms with Gasteiger partial charge < -0.3 is 10.1 Å². The lowest BCUT2D eigenvalue weighted by atomic mass is 10.2. The van der Waals surface area contributed by atoms with Gasteiger partial charge in [0, 0.05) is 12.0 Å². The summed E-state index contributed by atoms with van der Waals surface area (Å²) >= 11 is 0. The number of benzene rings is 1. The van der Waals surface area contributed by atoms with Crippen LogP contribution in [-0.4, -0.2) is 29.3 Å². The molecule has 2 rings (SSSR count). The number of H-pyrrole nitrogens is 1. The summed E-state index contributed by atoms with van der Waals surface area (Å²) in [6.45, 7) is 2.96. The van der Waals surface area contributed by atoms with E-state index in [0.717, 1.165) is 10.9 Å². The van der Waals surface area contributed by atoms with Crippen LogP contribution in [0, 0.1) is 0 Å². The van der Waals surface area contributed by atoms with Crippen LogP contribution in [-0.2, 0) is 9.53 Å². The second-order valence-electron chi connectivity index (χ2n) is 3.61. The quantitative estimate of drug-likeness (QED) is 0.775. The second-order valence-corrected chi connectivity index (χ2v) is 3.61. The maximum atomic E-state index is 11.6. The molecule has 1 aromatic heterocycles. The molecule has 1 amide bonds. The molecule has 0 saturated heterocycles. The highest BCUT2D eigenvalue weighted by Crippen LogP contribution is 2.19. The SMILES string of the molecule is CCOCCC(=O)Nc1n[nH]c2ccccc12. The van der Waals surface area contributed by atoms with Crippen LogP contribution >= 0.6 is 0 Å². The number of fused-ring (bicyclic) bond motifs is 1. The summed E-state index contributed by atoms with van der Waals surface area (Å²) in [5.74, 6) is 0.484. The molecule has 5 nitrogen and oxygen atoms in total. The maximum Gasteiger partial charge on any atom is 0.227 e. The normalized spacial score (nSPS) is 10.6. The third kappa shape index (κ3) is 2.82. The molecule has 0 atom stereocenters. The van der Waals surface area contributed by atoms with Gasteiger partial charge in [-0.2, -0.15) is 5.10 Å². The predicted octanol–water partition coefficient (Wildman–Crippen LogP) is 1.93. The van der Waals surface area contributed by atoms with E-state index in [-0.39, 0.29) is 5.91 Å². The van der Waals surface area contributed by atoms with Crippen LogP contribution in [0.3, 0.4) is 0 Å². The zero-order valence-corrected chi connectivity index (χ0v) is 9.69. The van der Waals surface area contributed by atoms with E-state index < -0.39 is 0 Å². The number of hydrogen-bond acceptors (Lipinski definition) is 3. The van der Waals surface area contributed by atoms with Crippen molar-refractivity contribution >= 4 is 22.6 Å². The van der Waals surface area contributed by atoms with Crippen LogP contribution < -0.4 is 5.32 Å². The number of rotatable bonds is 5. The van der Waals surface area contributed by atoms with E-state index in [9.17, 15) is 4.79 Å². The molecule has 5 heteroatoms. The Morgan fingerprint density at radius 1 is 1.47 bits per heavy atom. The molecule has 90 valence electrons. The first-order chi connectivity index (χ1) is 8.31. The Bertz CT molecular complexity index is 507. The first kappa shape index (κ1) is 11.6. The van der Waals surface area contributed by atoms with Gasteiger partial charge in [-0.25, -0.2) is 0 Å². The number of hydrogen-bond donors (Lipinski definition) is 2. The summed E-state index contributed by atoms with van der Waals surface area (Å²) in [7, 11) is 0. The lowest BCUT2D eigenvalue weighted by Crippen LogP contribution is -2.14. The van der Waals surface area contributed by atoms with Gasteiger partial charge in [0.15, 0.2) is 5.82 Å². The Morgan fingerprint density at radius 2 is 2.29 bits per heavy atom. The Labute approximate surface area is 99.2 Å². The summed E-state index contributed by atoms with van der Waals surface area (Å²) in [5, 5.41) is 10.6. The second kappa shape index (κ2) is 5.45. The molecule has 0 aliphatic heterocycles. The Kier molecular flexibility index (Phi) is 3.72. The van der Waals surface area contributed by atoms with Gasteiger partial charge in [0.2, 0.25) is 5.91 Å². The molecule has 0 unspecified atom stereocenters. The Morgan fingerprint density at radius 3 is 3.12 bits per heavy atom. The molecule has 0 aliphatic rings. The molecule has 0 saturated carbocycles. The average molecular weight is 233 g/mol. The molecule has 2 aromatic rings. The summed E-state index contributed by atoms with van der Waals surface area (Å²) in [6, 6.07) is 7.66. The Hall–Kier alpha value is -1.88. The fourth-order valence-corrected chi connectivity index (χ4v) is 1.56. The van der Waals surface area contributed by atoms with E-state index in [2.05, 4.69) is 15.5 Å². The van der Waals surface area contributed by atoms with Gasteiger partial charge in [-0.15, -0.1) is 0 Å². The molecular weight excluding hydrogens is 218 g/mol. The number of ether oxygens (including phenoxy) is 1. The summed E-state index contributed by atoms with van der Waals surface area (Å²) < 4.78 is 5.12. The lowest BCUT2D eigenvalue weighted by molar-refractivity contribution is -0.117. The van der Waals surface area contributed by atoms with Crippen LogP contribution in [0.25, 0.3) is 10.9 Å². The fourth-order valence-electron chi connectivity index (χ4n) is 1.56. The number of carbonyl (C=O) groups is 1. The van der Waals surface area contributed by atoms with E-state index >= 15 is 0 Å². The van der Waals surface area contributed by atoms with Gasteiger partial charge in [-0.3, -0.25) is 9.89 Å². The van der Waals surface area contributed by atoms with Crippen LogP contribution in [0.1, 0.15) is 13.3 Å². The standard InChI is InChI=1S/C12H15N3O2/c1-2-17-8-7-11(16)13-12-9-5-3-4-6-10(9)14-15-12/h3-6H,2,7-8H2,1H3,(H2,13,14,15,16). The molecule has 0 radical (unpaired) electrons. The first-order valence-corrected chi connectivity index (χ1v) is 5.62. The zero-order chi connectivity index (χ0) is 12.1. The van der Waals surface area contributed by atoms with Gasteiger partial charge in [-0.05, 0) is 19.1 Å². The van der Waals surface area contributed by atoms with Crippen molar-refractivity contribution in [3.05, 3.63) is 24.3 Å². The maximum absolute atomic E-state index is 11.6. The summed E-state index contributed by atoms with van der Waals surface area (Å²) in [6.07, 6.45) is 0.342. The molecule has 0 bridgehead atoms. The number of aromatic nitrogens is 2. The molecular formula is C12H15N3O2. The van der Waals surface area contributed by atoms with Gasteiger partial charge >= 0.3 is 0 Å². The van der Waals surface area contributed by atoms with Crippen LogP contribution in [0.4, 0.5) is 5.82 Å². The van der Waals surface area contributed by atoms with E-state index in [0.29, 0.717) is 25.5 Å². The van der Waals surface area contributed by atoms with Crippen molar-refractivity contribution in [3.63, 3.8) is 0 Å². The summed E-state index contributed by atoms with van der Waals surface area (Å²) in [5.41, 5.74) is 0.910. The highest BCUT2D eigenvalue weighted by molar-refractivity contribution is 5.99. The largest absolute Gasteiger partial charge is 0.381 e. The van der Waals surface area contributed by atoms with Gasteiger partial charge in [0.25, 0.3) is 0 Å². The van der Waals surface area contributed by atoms with E-state index in [1.807, 2.05) is 31.2 Å². The Balaban J connectivity index is 2.01. The lowest BCUT2D eigenvalue weighted by Gasteiger charge is -2.02. The highest BCUT2D eigenvalue weighted by atomic mass is 16.5. The van der Waals surface area contributed by atoms with E-state index in [1.165, 1.54) is 0 Å². The monoisotopic (exact) mass is 233 g/mol. The predicted molar refractivity (Wildman–Crippen MR) is 65.8 cm³/mol. The minimum Gasteiger partial charge on any atom is -0.381 e. The van der Waals surface area contributed by atoms with Crippen LogP contribution in [0.15, 0.2) is 24.3 Å². The number of nitrogens with zero attached hydrogens (tertiary/aromatic N) is 1. The zero-order valence-electron chi connectivity index (χ0n) is 9.69. The number of amides is 1. The van der Waals surface area contributed by atoms with Crippen LogP contribution in [0.5, 0.6) is 0 Å². The molecule has 2 N–H and O–H groups in total. The molecule has 0 spiro atoms. The number of para-hydroxylation sites is 1. The average Bonchev–Trinajstić information content (AvgIpc) is 2.73. The minimum absolute atomic E-state index is 0.0873.